The Hall–Kier alpha value is -2.62. The molecule has 2 aliphatic heterocycles. The molecule has 2 saturated heterocycles. The van der Waals surface area contributed by atoms with E-state index >= 15 is 0 Å². The number of ether oxygens (including phenoxy) is 1. The van der Waals surface area contributed by atoms with E-state index in [-0.39, 0.29) is 0 Å². The summed E-state index contributed by atoms with van der Waals surface area (Å²) in [5.74, 6) is -4.49. The van der Waals surface area contributed by atoms with E-state index in [0.717, 1.165) is 32.0 Å². The fourth-order valence-electron chi connectivity index (χ4n) is 3.98. The average molecular weight is 561 g/mol. The number of aliphatic carboxylic acids is 2. The van der Waals surface area contributed by atoms with Crippen molar-refractivity contribution < 1.29 is 55.3 Å². The van der Waals surface area contributed by atoms with Crippen molar-refractivity contribution in [2.24, 2.45) is 0 Å². The zero-order chi connectivity index (χ0) is 27.8. The number of furan rings is 1. The van der Waals surface area contributed by atoms with E-state index in [1.807, 2.05) is 12.1 Å². The molecule has 0 aromatic carbocycles. The van der Waals surface area contributed by atoms with Crippen LogP contribution in [0.25, 0.3) is 0 Å². The number of carbonyl (C=O) groups is 2. The molecule has 4 rings (SSSR count). The van der Waals surface area contributed by atoms with Gasteiger partial charge < -0.3 is 19.4 Å². The van der Waals surface area contributed by atoms with Crippen LogP contribution < -0.4 is 0 Å². The summed E-state index contributed by atoms with van der Waals surface area (Å²) in [5, 5.41) is 18.7. The topological polar surface area (TPSA) is 103 Å². The number of carboxylic acids is 2. The Morgan fingerprint density at radius 3 is 2.24 bits per heavy atom. The van der Waals surface area contributed by atoms with Crippen LogP contribution in [0.3, 0.4) is 0 Å². The number of fused-ring (bicyclic) bond motifs is 1. The fourth-order valence-corrected chi connectivity index (χ4v) is 4.64. The van der Waals surface area contributed by atoms with Crippen molar-refractivity contribution in [2.75, 3.05) is 20.2 Å². The quantitative estimate of drug-likeness (QED) is 0.517. The Labute approximate surface area is 212 Å². The molecule has 2 aliphatic rings. The largest absolute Gasteiger partial charge is 0.490 e. The molecule has 0 spiro atoms. The lowest BCUT2D eigenvalue weighted by atomic mass is 10.00. The van der Waals surface area contributed by atoms with Gasteiger partial charge in [-0.3, -0.25) is 9.80 Å². The first-order valence-electron chi connectivity index (χ1n) is 10.9. The lowest BCUT2D eigenvalue weighted by molar-refractivity contribution is -0.193. The molecule has 0 radical (unpaired) electrons. The Kier molecular flexibility index (Phi) is 11.0. The number of thiophene rings is 1. The monoisotopic (exact) mass is 560 g/mol. The summed E-state index contributed by atoms with van der Waals surface area (Å²) >= 11 is 1.78. The number of likely N-dealkylation sites (N-methyl/N-ethyl adjacent to an activating group) is 1. The molecular weight excluding hydrogens is 534 g/mol. The van der Waals surface area contributed by atoms with Gasteiger partial charge in [-0.1, -0.05) is 0 Å². The summed E-state index contributed by atoms with van der Waals surface area (Å²) < 4.78 is 75.2. The molecule has 4 heterocycles. The number of rotatable bonds is 5. The van der Waals surface area contributed by atoms with E-state index in [1.54, 1.807) is 17.6 Å². The van der Waals surface area contributed by atoms with Gasteiger partial charge in [0.2, 0.25) is 0 Å². The first-order valence-corrected chi connectivity index (χ1v) is 11.8. The first-order chi connectivity index (χ1) is 17.2. The maximum absolute atomic E-state index is 10.6. The van der Waals surface area contributed by atoms with Gasteiger partial charge in [-0.25, -0.2) is 9.59 Å². The molecule has 2 aromatic rings. The number of hydrogen-bond donors (Lipinski definition) is 2. The zero-order valence-corrected chi connectivity index (χ0v) is 20.4. The second-order valence-electron chi connectivity index (χ2n) is 8.27. The predicted molar refractivity (Wildman–Crippen MR) is 119 cm³/mol. The highest BCUT2D eigenvalue weighted by Gasteiger charge is 2.45. The maximum Gasteiger partial charge on any atom is 0.490 e. The minimum absolute atomic E-state index is 0.322. The molecule has 2 fully saturated rings. The summed E-state index contributed by atoms with van der Waals surface area (Å²) in [4.78, 5) is 22.8. The summed E-state index contributed by atoms with van der Waals surface area (Å²) in [7, 11) is 2.19. The van der Waals surface area contributed by atoms with Gasteiger partial charge in [0.15, 0.2) is 0 Å². The molecule has 0 unspecified atom stereocenters. The lowest BCUT2D eigenvalue weighted by Gasteiger charge is -2.34. The molecule has 0 bridgehead atoms. The molecule has 37 heavy (non-hydrogen) atoms. The zero-order valence-electron chi connectivity index (χ0n) is 19.5. The van der Waals surface area contributed by atoms with Crippen molar-refractivity contribution >= 4 is 23.3 Å². The van der Waals surface area contributed by atoms with E-state index in [4.69, 9.17) is 29.0 Å². The van der Waals surface area contributed by atoms with Gasteiger partial charge in [-0.05, 0) is 54.4 Å². The molecule has 2 N–H and O–H groups in total. The standard InChI is InChI=1S/C18H24N2O2S.2C2HF3O2/c1-19(11-15-4-2-7-21-15)17-12-20(10-14-6-9-23-13-14)16-5-3-8-22-18(16)17;2*3-2(4,5)1(6)7/h2,4,6-7,9,13,16-18H,3,5,8,10-12H2,1H3;2*(H,6,7)/t16-,17-,18+;;/m1../s1. The van der Waals surface area contributed by atoms with Crippen LogP contribution in [0.15, 0.2) is 39.6 Å². The fraction of sp³-hybridized carbons (Fsp3) is 0.545. The SMILES string of the molecule is CN(Cc1ccco1)[C@@H]1CN(Cc2ccsc2)[C@@H]2CCCO[C@H]12.O=C(O)C(F)(F)F.O=C(O)C(F)(F)F. The number of halogens is 6. The molecule has 2 aromatic heterocycles. The summed E-state index contributed by atoms with van der Waals surface area (Å²) in [6, 6.07) is 7.23. The maximum atomic E-state index is 10.6. The van der Waals surface area contributed by atoms with Crippen molar-refractivity contribution in [3.8, 4) is 0 Å². The molecule has 0 aliphatic carbocycles. The molecule has 15 heteroatoms. The van der Waals surface area contributed by atoms with Gasteiger partial charge in [0, 0.05) is 25.7 Å². The van der Waals surface area contributed by atoms with Crippen LogP contribution in [0.2, 0.25) is 0 Å². The number of nitrogens with zero attached hydrogens (tertiary/aromatic N) is 2. The van der Waals surface area contributed by atoms with Gasteiger partial charge in [0.1, 0.15) is 5.76 Å². The van der Waals surface area contributed by atoms with E-state index in [9.17, 15) is 26.3 Å². The normalized spacial score (nSPS) is 21.9. The summed E-state index contributed by atoms with van der Waals surface area (Å²) in [6.45, 7) is 3.86. The van der Waals surface area contributed by atoms with Crippen molar-refractivity contribution in [1.82, 2.24) is 9.80 Å². The number of likely N-dealkylation sites (tertiary alicyclic amines) is 1. The average Bonchev–Trinajstić information content (AvgIpc) is 3.56. The summed E-state index contributed by atoms with van der Waals surface area (Å²) in [5.41, 5.74) is 1.42. The highest BCUT2D eigenvalue weighted by Crippen LogP contribution is 2.33. The van der Waals surface area contributed by atoms with Gasteiger partial charge in [0.05, 0.1) is 25.0 Å². The third-order valence-electron chi connectivity index (χ3n) is 5.61. The van der Waals surface area contributed by atoms with Crippen LogP contribution in [0.1, 0.15) is 24.2 Å². The van der Waals surface area contributed by atoms with Gasteiger partial charge in [0.25, 0.3) is 0 Å². The third kappa shape index (κ3) is 9.64. The van der Waals surface area contributed by atoms with E-state index in [0.29, 0.717) is 18.2 Å². The molecule has 3 atom stereocenters. The molecule has 0 amide bonds. The molecule has 208 valence electrons. The molecule has 0 saturated carbocycles. The third-order valence-corrected chi connectivity index (χ3v) is 6.34. The van der Waals surface area contributed by atoms with Crippen molar-refractivity contribution in [2.45, 2.75) is 56.5 Å². The smallest absolute Gasteiger partial charge is 0.475 e. The van der Waals surface area contributed by atoms with Crippen LogP contribution in [-0.4, -0.2) is 82.7 Å². The van der Waals surface area contributed by atoms with Crippen molar-refractivity contribution in [3.63, 3.8) is 0 Å². The van der Waals surface area contributed by atoms with Gasteiger partial charge in [-0.2, -0.15) is 37.7 Å². The number of alkyl halides is 6. The van der Waals surface area contributed by atoms with E-state index in [2.05, 4.69) is 33.7 Å². The predicted octanol–water partition coefficient (Wildman–Crippen LogP) is 4.47. The van der Waals surface area contributed by atoms with Crippen molar-refractivity contribution in [1.29, 1.82) is 0 Å². The second kappa shape index (κ2) is 13.3. The Balaban J connectivity index is 0.000000286. The highest BCUT2D eigenvalue weighted by molar-refractivity contribution is 7.07. The molecule has 8 nitrogen and oxygen atoms in total. The Morgan fingerprint density at radius 2 is 1.76 bits per heavy atom. The van der Waals surface area contributed by atoms with Gasteiger partial charge >= 0.3 is 24.3 Å². The Bertz CT molecular complexity index is 943. The van der Waals surface area contributed by atoms with Crippen LogP contribution in [-0.2, 0) is 27.4 Å². The van der Waals surface area contributed by atoms with Crippen LogP contribution in [0.4, 0.5) is 26.3 Å². The van der Waals surface area contributed by atoms with Crippen LogP contribution in [0.5, 0.6) is 0 Å². The Morgan fingerprint density at radius 1 is 1.14 bits per heavy atom. The minimum Gasteiger partial charge on any atom is -0.475 e. The van der Waals surface area contributed by atoms with E-state index < -0.39 is 24.3 Å². The number of carboxylic acid groups (broad SMARTS) is 2. The summed E-state index contributed by atoms with van der Waals surface area (Å²) in [6.07, 6.45) is -5.67. The van der Waals surface area contributed by atoms with Crippen LogP contribution in [0, 0.1) is 0 Å². The molecular formula is C22H26F6N2O6S. The second-order valence-corrected chi connectivity index (χ2v) is 9.05. The van der Waals surface area contributed by atoms with Crippen LogP contribution >= 0.6 is 11.3 Å². The first kappa shape index (κ1) is 30.6. The van der Waals surface area contributed by atoms with Gasteiger partial charge in [-0.15, -0.1) is 0 Å². The van der Waals surface area contributed by atoms with Crippen molar-refractivity contribution in [3.05, 3.63) is 46.5 Å². The lowest BCUT2D eigenvalue weighted by Crippen LogP contribution is -2.46. The van der Waals surface area contributed by atoms with E-state index in [1.165, 1.54) is 18.4 Å². The minimum atomic E-state index is -5.08. The number of hydrogen-bond acceptors (Lipinski definition) is 7. The highest BCUT2D eigenvalue weighted by atomic mass is 32.1.